The summed E-state index contributed by atoms with van der Waals surface area (Å²) in [7, 11) is 0. The molecular formula is C17H23Cl2N3O. The van der Waals surface area contributed by atoms with E-state index in [1.165, 1.54) is 0 Å². The molecule has 23 heavy (non-hydrogen) atoms. The van der Waals surface area contributed by atoms with E-state index in [-0.39, 0.29) is 17.8 Å². The summed E-state index contributed by atoms with van der Waals surface area (Å²) in [5.41, 5.74) is 6.79. The van der Waals surface area contributed by atoms with Gasteiger partial charge in [0.2, 0.25) is 5.89 Å². The van der Waals surface area contributed by atoms with E-state index in [4.69, 9.17) is 21.9 Å². The third-order valence-electron chi connectivity index (χ3n) is 5.13. The van der Waals surface area contributed by atoms with Crippen LogP contribution < -0.4 is 5.73 Å². The number of hydrogen-bond acceptors (Lipinski definition) is 4. The summed E-state index contributed by atoms with van der Waals surface area (Å²) in [6.07, 6.45) is 4.75. The molecule has 1 aromatic heterocycles. The first kappa shape index (κ1) is 18.2. The molecule has 2 N–H and O–H groups in total. The van der Waals surface area contributed by atoms with E-state index in [1.54, 1.807) is 0 Å². The molecule has 1 aromatic carbocycles. The summed E-state index contributed by atoms with van der Waals surface area (Å²) in [5.74, 6) is 1.31. The topological polar surface area (TPSA) is 64.9 Å². The van der Waals surface area contributed by atoms with Gasteiger partial charge in [-0.1, -0.05) is 42.7 Å². The Morgan fingerprint density at radius 2 is 1.83 bits per heavy atom. The molecule has 0 aliphatic heterocycles. The zero-order valence-electron chi connectivity index (χ0n) is 13.5. The van der Waals surface area contributed by atoms with Gasteiger partial charge in [-0.3, -0.25) is 0 Å². The van der Waals surface area contributed by atoms with E-state index in [0.717, 1.165) is 42.7 Å². The standard InChI is InChI=1S/C17H22ClN3O.ClH/c1-3-16(4-2,12-6-8-13(18)9-7-12)15-20-14(21-22-15)17(19)10-5-11-17;/h6-9H,3-5,10-11,19H2,1-2H3;1H. The van der Waals surface area contributed by atoms with Gasteiger partial charge in [-0.2, -0.15) is 4.98 Å². The minimum atomic E-state index is -0.394. The Labute approximate surface area is 148 Å². The minimum Gasteiger partial charge on any atom is -0.338 e. The van der Waals surface area contributed by atoms with E-state index in [9.17, 15) is 0 Å². The molecule has 0 radical (unpaired) electrons. The first-order valence-corrected chi connectivity index (χ1v) is 8.31. The molecule has 0 spiro atoms. The van der Waals surface area contributed by atoms with E-state index >= 15 is 0 Å². The van der Waals surface area contributed by atoms with Gasteiger partial charge in [0.05, 0.1) is 11.0 Å². The maximum atomic E-state index is 6.32. The average Bonchev–Trinajstić information content (AvgIpc) is 2.99. The second-order valence-electron chi connectivity index (χ2n) is 6.23. The normalized spacial score (nSPS) is 16.5. The monoisotopic (exact) mass is 355 g/mol. The van der Waals surface area contributed by atoms with Gasteiger partial charge in [-0.25, -0.2) is 0 Å². The van der Waals surface area contributed by atoms with Crippen LogP contribution in [0.3, 0.4) is 0 Å². The Morgan fingerprint density at radius 3 is 2.30 bits per heavy atom. The van der Waals surface area contributed by atoms with Gasteiger partial charge in [0.15, 0.2) is 5.82 Å². The third-order valence-corrected chi connectivity index (χ3v) is 5.38. The Hall–Kier alpha value is -1.10. The number of benzene rings is 1. The quantitative estimate of drug-likeness (QED) is 0.851. The van der Waals surface area contributed by atoms with Crippen LogP contribution in [-0.4, -0.2) is 10.1 Å². The minimum absolute atomic E-state index is 0. The average molecular weight is 356 g/mol. The maximum Gasteiger partial charge on any atom is 0.237 e. The lowest BCUT2D eigenvalue weighted by atomic mass is 9.75. The van der Waals surface area contributed by atoms with E-state index in [0.29, 0.717) is 11.7 Å². The van der Waals surface area contributed by atoms with Crippen molar-refractivity contribution in [3.63, 3.8) is 0 Å². The van der Waals surface area contributed by atoms with Crippen molar-refractivity contribution in [2.75, 3.05) is 0 Å². The first-order chi connectivity index (χ1) is 10.5. The van der Waals surface area contributed by atoms with Gasteiger partial charge in [0, 0.05) is 5.02 Å². The molecule has 1 heterocycles. The highest BCUT2D eigenvalue weighted by Crippen LogP contribution is 2.41. The maximum absolute atomic E-state index is 6.32. The molecule has 1 fully saturated rings. The fraction of sp³-hybridized carbons (Fsp3) is 0.529. The molecule has 0 saturated heterocycles. The predicted molar refractivity (Wildman–Crippen MR) is 94.1 cm³/mol. The highest BCUT2D eigenvalue weighted by molar-refractivity contribution is 6.30. The van der Waals surface area contributed by atoms with Crippen LogP contribution in [0.4, 0.5) is 0 Å². The van der Waals surface area contributed by atoms with Crippen LogP contribution in [0.5, 0.6) is 0 Å². The van der Waals surface area contributed by atoms with Gasteiger partial charge < -0.3 is 10.3 Å². The van der Waals surface area contributed by atoms with E-state index in [1.807, 2.05) is 24.3 Å². The lowest BCUT2D eigenvalue weighted by Gasteiger charge is -2.34. The third kappa shape index (κ3) is 3.00. The lowest BCUT2D eigenvalue weighted by Crippen LogP contribution is -2.44. The SMILES string of the molecule is CCC(CC)(c1ccc(Cl)cc1)c1nc(C2(N)CCC2)no1.Cl. The Bertz CT molecular complexity index is 646. The molecule has 0 amide bonds. The Kier molecular flexibility index (Phi) is 5.39. The van der Waals surface area contributed by atoms with Crippen molar-refractivity contribution < 1.29 is 4.52 Å². The fourth-order valence-electron chi connectivity index (χ4n) is 3.25. The second-order valence-corrected chi connectivity index (χ2v) is 6.67. The van der Waals surface area contributed by atoms with Crippen molar-refractivity contribution in [2.24, 2.45) is 5.73 Å². The predicted octanol–water partition coefficient (Wildman–Crippen LogP) is 4.59. The zero-order chi connectivity index (χ0) is 15.8. The molecule has 6 heteroatoms. The molecule has 0 atom stereocenters. The molecular weight excluding hydrogens is 333 g/mol. The Morgan fingerprint density at radius 1 is 1.22 bits per heavy atom. The zero-order valence-corrected chi connectivity index (χ0v) is 15.1. The van der Waals surface area contributed by atoms with Crippen LogP contribution in [-0.2, 0) is 11.0 Å². The number of aromatic nitrogens is 2. The van der Waals surface area contributed by atoms with Gasteiger partial charge in [0.1, 0.15) is 0 Å². The summed E-state index contributed by atoms with van der Waals surface area (Å²) >= 11 is 6.02. The first-order valence-electron chi connectivity index (χ1n) is 7.93. The molecule has 1 aliphatic carbocycles. The molecule has 2 aromatic rings. The Balaban J connectivity index is 0.00000192. The number of halogens is 2. The number of nitrogens with two attached hydrogens (primary N) is 1. The van der Waals surface area contributed by atoms with Gasteiger partial charge in [-0.15, -0.1) is 12.4 Å². The van der Waals surface area contributed by atoms with Gasteiger partial charge in [-0.05, 0) is 49.8 Å². The van der Waals surface area contributed by atoms with Gasteiger partial charge in [0.25, 0.3) is 0 Å². The largest absolute Gasteiger partial charge is 0.338 e. The molecule has 0 bridgehead atoms. The summed E-state index contributed by atoms with van der Waals surface area (Å²) in [4.78, 5) is 4.68. The van der Waals surface area contributed by atoms with Crippen molar-refractivity contribution >= 4 is 24.0 Å². The molecule has 0 unspecified atom stereocenters. The second kappa shape index (κ2) is 6.80. The van der Waals surface area contributed by atoms with Crippen LogP contribution in [0.15, 0.2) is 28.8 Å². The van der Waals surface area contributed by atoms with Gasteiger partial charge >= 0.3 is 0 Å². The molecule has 3 rings (SSSR count). The van der Waals surface area contributed by atoms with Crippen molar-refractivity contribution in [2.45, 2.75) is 56.9 Å². The number of rotatable bonds is 5. The molecule has 1 saturated carbocycles. The molecule has 1 aliphatic rings. The van der Waals surface area contributed by atoms with Crippen LogP contribution in [0, 0.1) is 0 Å². The highest BCUT2D eigenvalue weighted by Gasteiger charge is 2.42. The van der Waals surface area contributed by atoms with Crippen molar-refractivity contribution in [3.05, 3.63) is 46.6 Å². The van der Waals surface area contributed by atoms with Crippen LogP contribution >= 0.6 is 24.0 Å². The number of hydrogen-bond donors (Lipinski definition) is 1. The fourth-order valence-corrected chi connectivity index (χ4v) is 3.38. The summed E-state index contributed by atoms with van der Waals surface area (Å²) in [6.45, 7) is 4.28. The lowest BCUT2D eigenvalue weighted by molar-refractivity contribution is 0.227. The molecule has 126 valence electrons. The molecule has 4 nitrogen and oxygen atoms in total. The van der Waals surface area contributed by atoms with Crippen molar-refractivity contribution in [1.29, 1.82) is 0 Å². The van der Waals surface area contributed by atoms with Crippen LogP contribution in [0.25, 0.3) is 0 Å². The number of nitrogens with zero attached hydrogens (tertiary/aromatic N) is 2. The highest BCUT2D eigenvalue weighted by atomic mass is 35.5. The van der Waals surface area contributed by atoms with Crippen molar-refractivity contribution in [3.8, 4) is 0 Å². The smallest absolute Gasteiger partial charge is 0.237 e. The van der Waals surface area contributed by atoms with E-state index in [2.05, 4.69) is 24.0 Å². The summed E-state index contributed by atoms with van der Waals surface area (Å²) < 4.78 is 5.64. The summed E-state index contributed by atoms with van der Waals surface area (Å²) in [5, 5.41) is 4.91. The summed E-state index contributed by atoms with van der Waals surface area (Å²) in [6, 6.07) is 7.90. The van der Waals surface area contributed by atoms with Crippen LogP contribution in [0.2, 0.25) is 5.02 Å². The van der Waals surface area contributed by atoms with E-state index < -0.39 is 5.54 Å². The van der Waals surface area contributed by atoms with Crippen LogP contribution in [0.1, 0.15) is 63.2 Å². The van der Waals surface area contributed by atoms with Crippen molar-refractivity contribution in [1.82, 2.24) is 10.1 Å².